The zero-order chi connectivity index (χ0) is 11.6. The van der Waals surface area contributed by atoms with Crippen LogP contribution in [-0.2, 0) is 4.79 Å². The Morgan fingerprint density at radius 1 is 1.67 bits per heavy atom. The number of nitrogens with one attached hydrogen (secondary N) is 2. The molecule has 3 atom stereocenters. The first kappa shape index (κ1) is 12.4. The highest BCUT2D eigenvalue weighted by Crippen LogP contribution is 2.25. The first-order valence-electron chi connectivity index (χ1n) is 5.20. The quantitative estimate of drug-likeness (QED) is 0.618. The molecule has 5 heteroatoms. The summed E-state index contributed by atoms with van der Waals surface area (Å²) < 4.78 is 0. The van der Waals surface area contributed by atoms with Crippen LogP contribution < -0.4 is 10.6 Å². The summed E-state index contributed by atoms with van der Waals surface area (Å²) in [4.78, 5) is 11.5. The summed E-state index contributed by atoms with van der Waals surface area (Å²) in [6.07, 6.45) is 1.77. The maximum atomic E-state index is 11.5. The van der Waals surface area contributed by atoms with Gasteiger partial charge in [0.1, 0.15) is 11.5 Å². The molecule has 86 valence electrons. The third-order valence-electron chi connectivity index (χ3n) is 2.73. The summed E-state index contributed by atoms with van der Waals surface area (Å²) in [6, 6.07) is -0.0729. The minimum Gasteiger partial charge on any atom is -0.370 e. The van der Waals surface area contributed by atoms with Crippen LogP contribution in [0.4, 0.5) is 0 Å². The second-order valence-corrected chi connectivity index (χ2v) is 4.64. The molecule has 1 heterocycles. The van der Waals surface area contributed by atoms with Crippen molar-refractivity contribution in [1.82, 2.24) is 10.6 Å². The average Bonchev–Trinajstić information content (AvgIpc) is 1.99. The molecule has 0 saturated carbocycles. The van der Waals surface area contributed by atoms with Gasteiger partial charge in [0, 0.05) is 6.04 Å². The summed E-state index contributed by atoms with van der Waals surface area (Å²) in [5.74, 6) is -0.481. The second-order valence-electron chi connectivity index (χ2n) is 4.23. The zero-order valence-corrected chi connectivity index (χ0v) is 10.1. The van der Waals surface area contributed by atoms with E-state index in [4.69, 9.17) is 12.2 Å². The first-order chi connectivity index (χ1) is 6.88. The number of aliphatic hydroxyl groups is 1. The molecule has 0 aromatic carbocycles. The average molecular weight is 230 g/mol. The van der Waals surface area contributed by atoms with E-state index in [0.717, 1.165) is 12.8 Å². The van der Waals surface area contributed by atoms with E-state index in [1.165, 1.54) is 6.92 Å². The van der Waals surface area contributed by atoms with E-state index in [9.17, 15) is 9.90 Å². The van der Waals surface area contributed by atoms with Gasteiger partial charge in [0.2, 0.25) is 0 Å². The topological polar surface area (TPSA) is 61.4 Å². The lowest BCUT2D eigenvalue weighted by atomic mass is 9.82. The molecule has 0 spiro atoms. The highest BCUT2D eigenvalue weighted by molar-refractivity contribution is 7.80. The lowest BCUT2D eigenvalue weighted by molar-refractivity contribution is -0.133. The smallest absolute Gasteiger partial charge is 0.168 e. The monoisotopic (exact) mass is 230 g/mol. The summed E-state index contributed by atoms with van der Waals surface area (Å²) in [6.45, 7) is 5.13. The van der Waals surface area contributed by atoms with Crippen LogP contribution >= 0.6 is 12.2 Å². The van der Waals surface area contributed by atoms with E-state index >= 15 is 0 Å². The number of Topliss-reactive ketones (excluding diaryl/α,β-unsaturated/α-hetero) is 1. The van der Waals surface area contributed by atoms with Gasteiger partial charge in [-0.15, -0.1) is 0 Å². The maximum Gasteiger partial charge on any atom is 0.168 e. The lowest BCUT2D eigenvalue weighted by Gasteiger charge is -2.43. The van der Waals surface area contributed by atoms with Crippen LogP contribution in [0, 0.1) is 5.92 Å². The Balaban J connectivity index is 2.91. The van der Waals surface area contributed by atoms with Crippen molar-refractivity contribution in [3.8, 4) is 0 Å². The number of ketones is 1. The normalized spacial score (nSPS) is 35.6. The van der Waals surface area contributed by atoms with Gasteiger partial charge >= 0.3 is 0 Å². The van der Waals surface area contributed by atoms with Crippen molar-refractivity contribution in [2.45, 2.75) is 45.4 Å². The van der Waals surface area contributed by atoms with Crippen molar-refractivity contribution >= 4 is 23.1 Å². The van der Waals surface area contributed by atoms with Gasteiger partial charge in [-0.25, -0.2) is 0 Å². The lowest BCUT2D eigenvalue weighted by Crippen LogP contribution is -2.68. The van der Waals surface area contributed by atoms with E-state index in [1.807, 2.05) is 6.92 Å². The summed E-state index contributed by atoms with van der Waals surface area (Å²) in [5, 5.41) is 16.3. The molecule has 15 heavy (non-hydrogen) atoms. The number of rotatable bonds is 3. The molecule has 1 rings (SSSR count). The molecule has 0 aromatic heterocycles. The largest absolute Gasteiger partial charge is 0.370 e. The molecule has 1 fully saturated rings. The maximum absolute atomic E-state index is 11.5. The van der Waals surface area contributed by atoms with Gasteiger partial charge in [-0.2, -0.15) is 0 Å². The Kier molecular flexibility index (Phi) is 3.67. The Labute approximate surface area is 95.4 Å². The van der Waals surface area contributed by atoms with Crippen molar-refractivity contribution in [2.24, 2.45) is 5.92 Å². The summed E-state index contributed by atoms with van der Waals surface area (Å²) in [7, 11) is 0. The first-order valence-corrected chi connectivity index (χ1v) is 5.60. The van der Waals surface area contributed by atoms with E-state index < -0.39 is 11.6 Å². The van der Waals surface area contributed by atoms with Crippen LogP contribution in [0.1, 0.15) is 33.6 Å². The van der Waals surface area contributed by atoms with Gasteiger partial charge in [-0.05, 0) is 32.5 Å². The summed E-state index contributed by atoms with van der Waals surface area (Å²) >= 11 is 4.99. The molecular formula is C10H18N2O2S. The van der Waals surface area contributed by atoms with Crippen LogP contribution in [0.2, 0.25) is 0 Å². The third kappa shape index (κ3) is 2.66. The molecule has 1 aliphatic heterocycles. The van der Waals surface area contributed by atoms with Crippen LogP contribution in [-0.4, -0.2) is 27.8 Å². The van der Waals surface area contributed by atoms with Crippen LogP contribution in [0.25, 0.3) is 0 Å². The van der Waals surface area contributed by atoms with E-state index in [0.29, 0.717) is 5.11 Å². The number of hydrogen-bond acceptors (Lipinski definition) is 3. The Bertz CT molecular complexity index is 279. The predicted molar refractivity (Wildman–Crippen MR) is 62.4 cm³/mol. The highest BCUT2D eigenvalue weighted by atomic mass is 32.1. The minimum absolute atomic E-state index is 0.0269. The molecule has 0 aliphatic carbocycles. The molecule has 3 unspecified atom stereocenters. The zero-order valence-electron chi connectivity index (χ0n) is 9.33. The van der Waals surface area contributed by atoms with Gasteiger partial charge in [-0.3, -0.25) is 4.79 Å². The third-order valence-corrected chi connectivity index (χ3v) is 2.95. The van der Waals surface area contributed by atoms with Crippen molar-refractivity contribution in [2.75, 3.05) is 0 Å². The Hall–Kier alpha value is -0.680. The number of carbonyl (C=O) groups is 1. The molecule has 4 nitrogen and oxygen atoms in total. The molecule has 1 aliphatic rings. The summed E-state index contributed by atoms with van der Waals surface area (Å²) in [5.41, 5.74) is -1.24. The van der Waals surface area contributed by atoms with Crippen LogP contribution in [0.5, 0.6) is 0 Å². The molecule has 1 saturated heterocycles. The van der Waals surface area contributed by atoms with Gasteiger partial charge in [0.05, 0.1) is 5.92 Å². The molecule has 0 radical (unpaired) electrons. The molecular weight excluding hydrogens is 212 g/mol. The SMILES string of the molecule is CCCC1NC(=S)NC(C)(O)C1C(C)=O. The minimum atomic E-state index is -1.24. The van der Waals surface area contributed by atoms with Gasteiger partial charge in [0.25, 0.3) is 0 Å². The number of thiocarbonyl (C=S) groups is 1. The molecule has 0 amide bonds. The van der Waals surface area contributed by atoms with Gasteiger partial charge in [0.15, 0.2) is 5.11 Å². The fourth-order valence-corrected chi connectivity index (χ4v) is 2.57. The van der Waals surface area contributed by atoms with Gasteiger partial charge in [-0.1, -0.05) is 13.3 Å². The number of hydrogen-bond donors (Lipinski definition) is 3. The Morgan fingerprint density at radius 3 is 2.73 bits per heavy atom. The van der Waals surface area contributed by atoms with E-state index in [2.05, 4.69) is 10.6 Å². The second kappa shape index (κ2) is 4.45. The van der Waals surface area contributed by atoms with Crippen LogP contribution in [0.3, 0.4) is 0 Å². The fourth-order valence-electron chi connectivity index (χ4n) is 2.22. The highest BCUT2D eigenvalue weighted by Gasteiger charge is 2.44. The molecule has 3 N–H and O–H groups in total. The van der Waals surface area contributed by atoms with Crippen molar-refractivity contribution in [1.29, 1.82) is 0 Å². The van der Waals surface area contributed by atoms with Crippen molar-refractivity contribution < 1.29 is 9.90 Å². The fraction of sp³-hybridized carbons (Fsp3) is 0.800. The van der Waals surface area contributed by atoms with Crippen molar-refractivity contribution in [3.05, 3.63) is 0 Å². The molecule has 0 aromatic rings. The van der Waals surface area contributed by atoms with E-state index in [-0.39, 0.29) is 11.8 Å². The number of carbonyl (C=O) groups excluding carboxylic acids is 1. The molecule has 0 bridgehead atoms. The van der Waals surface area contributed by atoms with Crippen molar-refractivity contribution in [3.63, 3.8) is 0 Å². The standard InChI is InChI=1S/C10H18N2O2S/c1-4-5-7-8(6(2)13)10(3,14)12-9(15)11-7/h7-8,14H,4-5H2,1-3H3,(H2,11,12,15). The van der Waals surface area contributed by atoms with Crippen LogP contribution in [0.15, 0.2) is 0 Å². The van der Waals surface area contributed by atoms with Gasteiger partial charge < -0.3 is 15.7 Å². The van der Waals surface area contributed by atoms with E-state index in [1.54, 1.807) is 6.92 Å². The Morgan fingerprint density at radius 2 is 2.27 bits per heavy atom. The predicted octanol–water partition coefficient (Wildman–Crippen LogP) is 0.546.